The summed E-state index contributed by atoms with van der Waals surface area (Å²) in [4.78, 5) is 0. The van der Waals surface area contributed by atoms with E-state index in [-0.39, 0.29) is 5.56 Å². The summed E-state index contributed by atoms with van der Waals surface area (Å²) < 4.78 is 26.9. The van der Waals surface area contributed by atoms with Gasteiger partial charge in [-0.15, -0.1) is 0 Å². The van der Waals surface area contributed by atoms with E-state index in [2.05, 4.69) is 44.8 Å². The largest absolute Gasteiger partial charge is 0.387 e. The van der Waals surface area contributed by atoms with E-state index >= 15 is 0 Å². The van der Waals surface area contributed by atoms with Gasteiger partial charge in [-0.05, 0) is 55.4 Å². The normalized spacial score (nSPS) is 14.1. The molecule has 2 N–H and O–H groups in total. The topological polar surface area (TPSA) is 32.3 Å². The average Bonchev–Trinajstić information content (AvgIpc) is 2.83. The Labute approximate surface area is 194 Å². The number of nitrogens with one attached hydrogen (secondary N) is 1. The maximum Gasteiger partial charge on any atom is 0.133 e. The molecule has 1 atom stereocenters. The number of dihydropyridines is 1. The number of rotatable bonds is 8. The van der Waals surface area contributed by atoms with Gasteiger partial charge in [-0.25, -0.2) is 8.78 Å². The van der Waals surface area contributed by atoms with Crippen molar-refractivity contribution >= 4 is 5.57 Å². The predicted molar refractivity (Wildman–Crippen MR) is 135 cm³/mol. The SMILES string of the molecule is C=C(/C(=C\C)c1ccc(F)cc1F)C(O)C1=CNCC=C1.CC.CC/C=C\C(CC)CC. The van der Waals surface area contributed by atoms with E-state index in [1.54, 1.807) is 25.3 Å². The molecule has 0 amide bonds. The van der Waals surface area contributed by atoms with Crippen molar-refractivity contribution < 1.29 is 13.9 Å². The minimum absolute atomic E-state index is 0.219. The smallest absolute Gasteiger partial charge is 0.133 e. The van der Waals surface area contributed by atoms with Crippen molar-refractivity contribution in [2.45, 2.75) is 66.9 Å². The third-order valence-corrected chi connectivity index (χ3v) is 5.01. The molecule has 0 aromatic heterocycles. The Balaban J connectivity index is 0.000000738. The first-order valence-corrected chi connectivity index (χ1v) is 11.6. The van der Waals surface area contributed by atoms with Gasteiger partial charge in [0, 0.05) is 29.9 Å². The molecule has 1 aromatic carbocycles. The number of halogens is 2. The van der Waals surface area contributed by atoms with Crippen LogP contribution in [0.4, 0.5) is 8.78 Å². The molecule has 0 saturated carbocycles. The minimum atomic E-state index is -0.954. The summed E-state index contributed by atoms with van der Waals surface area (Å²) in [5.41, 5.74) is 1.69. The summed E-state index contributed by atoms with van der Waals surface area (Å²) in [5.74, 6) is -0.493. The molecule has 4 heteroatoms. The molecule has 0 bridgehead atoms. The molecular weight excluding hydrogens is 404 g/mol. The van der Waals surface area contributed by atoms with Crippen molar-refractivity contribution in [3.63, 3.8) is 0 Å². The van der Waals surface area contributed by atoms with Crippen molar-refractivity contribution in [1.29, 1.82) is 0 Å². The summed E-state index contributed by atoms with van der Waals surface area (Å²) in [6.07, 6.45) is 14.4. The molecule has 0 fully saturated rings. The van der Waals surface area contributed by atoms with E-state index in [1.807, 2.05) is 19.9 Å². The molecule has 0 radical (unpaired) electrons. The van der Waals surface area contributed by atoms with E-state index in [9.17, 15) is 13.9 Å². The Hall–Kier alpha value is -2.46. The lowest BCUT2D eigenvalue weighted by Gasteiger charge is -2.20. The lowest BCUT2D eigenvalue weighted by molar-refractivity contribution is 0.255. The maximum atomic E-state index is 13.9. The van der Waals surface area contributed by atoms with Gasteiger partial charge < -0.3 is 10.4 Å². The molecule has 1 aliphatic heterocycles. The highest BCUT2D eigenvalue weighted by Crippen LogP contribution is 2.29. The molecule has 1 unspecified atom stereocenters. The van der Waals surface area contributed by atoms with Gasteiger partial charge in [0.15, 0.2) is 0 Å². The highest BCUT2D eigenvalue weighted by Gasteiger charge is 2.20. The monoisotopic (exact) mass is 445 g/mol. The van der Waals surface area contributed by atoms with Crippen LogP contribution in [-0.2, 0) is 0 Å². The minimum Gasteiger partial charge on any atom is -0.387 e. The van der Waals surface area contributed by atoms with Crippen LogP contribution >= 0.6 is 0 Å². The molecule has 178 valence electrons. The van der Waals surface area contributed by atoms with E-state index < -0.39 is 17.7 Å². The average molecular weight is 446 g/mol. The zero-order valence-corrected chi connectivity index (χ0v) is 20.6. The van der Waals surface area contributed by atoms with Crippen LogP contribution in [0.5, 0.6) is 0 Å². The van der Waals surface area contributed by atoms with Gasteiger partial charge in [-0.1, -0.05) is 71.6 Å². The number of benzene rings is 1. The fourth-order valence-corrected chi connectivity index (χ4v) is 3.12. The number of aliphatic hydroxyl groups is 1. The van der Waals surface area contributed by atoms with Crippen molar-refractivity contribution in [1.82, 2.24) is 5.32 Å². The van der Waals surface area contributed by atoms with Crippen LogP contribution in [0, 0.1) is 17.6 Å². The fraction of sp³-hybridized carbons (Fsp3) is 0.429. The Kier molecular flexibility index (Phi) is 15.8. The van der Waals surface area contributed by atoms with E-state index in [0.29, 0.717) is 23.3 Å². The van der Waals surface area contributed by atoms with E-state index in [1.165, 1.54) is 31.4 Å². The Morgan fingerprint density at radius 3 is 2.31 bits per heavy atom. The fourth-order valence-electron chi connectivity index (χ4n) is 3.12. The van der Waals surface area contributed by atoms with Crippen LogP contribution in [0.1, 0.15) is 66.4 Å². The highest BCUT2D eigenvalue weighted by atomic mass is 19.1. The van der Waals surface area contributed by atoms with Crippen LogP contribution in [0.3, 0.4) is 0 Å². The first-order chi connectivity index (χ1) is 15.4. The van der Waals surface area contributed by atoms with Crippen molar-refractivity contribution in [3.8, 4) is 0 Å². The van der Waals surface area contributed by atoms with Crippen LogP contribution in [0.25, 0.3) is 5.57 Å². The van der Waals surface area contributed by atoms with Gasteiger partial charge in [0.1, 0.15) is 17.7 Å². The number of hydrogen-bond donors (Lipinski definition) is 2. The standard InChI is InChI=1S/C17H17F2NO.C9H18.C2H6/c1-3-14(15-7-6-13(18)9-16(15)19)11(2)17(21)12-5-4-8-20-10-12;1-4-7-8-9(5-2)6-3;1-2/h3-7,9-10,17,20-21H,2,8H2,1H3;7-9H,4-6H2,1-3H3;1-2H3/b14-3+;8-7-;. The Morgan fingerprint density at radius 1 is 1.19 bits per heavy atom. The van der Waals surface area contributed by atoms with Gasteiger partial charge >= 0.3 is 0 Å². The summed E-state index contributed by atoms with van der Waals surface area (Å²) in [6, 6.07) is 3.35. The second kappa shape index (κ2) is 17.1. The third kappa shape index (κ3) is 9.78. The lowest BCUT2D eigenvalue weighted by atomic mass is 9.91. The number of allylic oxidation sites excluding steroid dienone is 3. The summed E-state index contributed by atoms with van der Waals surface area (Å²) in [7, 11) is 0. The Bertz CT molecular complexity index is 802. The second-order valence-electron chi connectivity index (χ2n) is 7.12. The molecule has 1 heterocycles. The van der Waals surface area contributed by atoms with Crippen molar-refractivity contribution in [2.75, 3.05) is 6.54 Å². The van der Waals surface area contributed by atoms with E-state index in [0.717, 1.165) is 12.0 Å². The third-order valence-electron chi connectivity index (χ3n) is 5.01. The molecule has 0 spiro atoms. The van der Waals surface area contributed by atoms with Crippen molar-refractivity contribution in [2.24, 2.45) is 5.92 Å². The first-order valence-electron chi connectivity index (χ1n) is 11.6. The van der Waals surface area contributed by atoms with Crippen LogP contribution in [0.15, 0.2) is 72.5 Å². The molecule has 2 nitrogen and oxygen atoms in total. The highest BCUT2D eigenvalue weighted by molar-refractivity contribution is 5.80. The first kappa shape index (κ1) is 29.5. The Morgan fingerprint density at radius 2 is 1.84 bits per heavy atom. The second-order valence-corrected chi connectivity index (χ2v) is 7.12. The van der Waals surface area contributed by atoms with Crippen molar-refractivity contribution in [3.05, 3.63) is 89.7 Å². The van der Waals surface area contributed by atoms with Gasteiger partial charge in [-0.3, -0.25) is 0 Å². The van der Waals surface area contributed by atoms with E-state index in [4.69, 9.17) is 0 Å². The molecule has 0 saturated heterocycles. The van der Waals surface area contributed by atoms with Crippen LogP contribution in [0.2, 0.25) is 0 Å². The molecule has 2 rings (SSSR count). The summed E-state index contributed by atoms with van der Waals surface area (Å²) in [6.45, 7) is 16.9. The molecule has 32 heavy (non-hydrogen) atoms. The summed E-state index contributed by atoms with van der Waals surface area (Å²) >= 11 is 0. The summed E-state index contributed by atoms with van der Waals surface area (Å²) in [5, 5.41) is 13.3. The molecular formula is C28H41F2NO. The van der Waals surface area contributed by atoms with Crippen LogP contribution in [-0.4, -0.2) is 17.8 Å². The molecule has 1 aromatic rings. The molecule has 0 aliphatic carbocycles. The van der Waals surface area contributed by atoms with Gasteiger partial charge in [0.05, 0.1) is 0 Å². The quantitative estimate of drug-likeness (QED) is 0.317. The number of hydrogen-bond acceptors (Lipinski definition) is 2. The maximum absolute atomic E-state index is 13.9. The lowest BCUT2D eigenvalue weighted by Crippen LogP contribution is -2.19. The van der Waals surface area contributed by atoms with Gasteiger partial charge in [0.25, 0.3) is 0 Å². The predicted octanol–water partition coefficient (Wildman–Crippen LogP) is 7.74. The van der Waals surface area contributed by atoms with Gasteiger partial charge in [-0.2, -0.15) is 0 Å². The zero-order valence-electron chi connectivity index (χ0n) is 20.6. The van der Waals surface area contributed by atoms with Crippen LogP contribution < -0.4 is 5.32 Å². The van der Waals surface area contributed by atoms with Gasteiger partial charge in [0.2, 0.25) is 0 Å². The molecule has 1 aliphatic rings. The number of aliphatic hydroxyl groups excluding tert-OH is 1. The zero-order chi connectivity index (χ0) is 24.5.